The van der Waals surface area contributed by atoms with Crippen LogP contribution in [0.5, 0.6) is 11.6 Å². The number of ketones is 1. The second-order valence-electron chi connectivity index (χ2n) is 9.82. The van der Waals surface area contributed by atoms with Crippen molar-refractivity contribution >= 4 is 22.8 Å². The molecule has 7 heteroatoms. The summed E-state index contributed by atoms with van der Waals surface area (Å²) in [6.45, 7) is 9.56. The summed E-state index contributed by atoms with van der Waals surface area (Å²) in [5.41, 5.74) is 5.32. The minimum absolute atomic E-state index is 0.0817. The first kappa shape index (κ1) is 24.0. The number of carbonyl (C=O) groups is 1. The van der Waals surface area contributed by atoms with Crippen molar-refractivity contribution in [3.05, 3.63) is 77.0 Å². The fraction of sp³-hybridized carbons (Fsp3) is 0.345. The topological polar surface area (TPSA) is 69.5 Å². The molecule has 0 spiro atoms. The Hall–Kier alpha value is -3.71. The van der Waals surface area contributed by atoms with Crippen molar-refractivity contribution in [2.75, 3.05) is 18.0 Å². The van der Waals surface area contributed by atoms with Gasteiger partial charge < -0.3 is 18.9 Å². The van der Waals surface area contributed by atoms with Crippen molar-refractivity contribution in [3.8, 4) is 11.6 Å². The van der Waals surface area contributed by atoms with Crippen LogP contribution in [0.4, 0.5) is 5.95 Å². The zero-order chi connectivity index (χ0) is 25.4. The molecule has 0 radical (unpaired) electrons. The molecule has 0 bridgehead atoms. The lowest BCUT2D eigenvalue weighted by Gasteiger charge is -2.35. The van der Waals surface area contributed by atoms with Gasteiger partial charge in [-0.05, 0) is 57.0 Å². The number of benzene rings is 2. The average Bonchev–Trinajstić information content (AvgIpc) is 3.21. The molecule has 4 aromatic rings. The third-order valence-corrected chi connectivity index (χ3v) is 6.54. The van der Waals surface area contributed by atoms with E-state index in [1.165, 1.54) is 0 Å². The summed E-state index contributed by atoms with van der Waals surface area (Å²) in [7, 11) is 1.96. The fourth-order valence-corrected chi connectivity index (χ4v) is 4.77. The van der Waals surface area contributed by atoms with Gasteiger partial charge in [-0.3, -0.25) is 4.79 Å². The molecule has 2 aromatic heterocycles. The van der Waals surface area contributed by atoms with Gasteiger partial charge in [0.05, 0.1) is 17.7 Å². The number of hydrogen-bond acceptors (Lipinski definition) is 6. The summed E-state index contributed by atoms with van der Waals surface area (Å²) in [6.07, 6.45) is 2.46. The van der Waals surface area contributed by atoms with Crippen LogP contribution < -0.4 is 9.64 Å². The number of rotatable bonds is 6. The van der Waals surface area contributed by atoms with Gasteiger partial charge in [0.25, 0.3) is 0 Å². The zero-order valence-corrected chi connectivity index (χ0v) is 21.5. The van der Waals surface area contributed by atoms with Crippen LogP contribution in [-0.2, 0) is 18.2 Å². The van der Waals surface area contributed by atoms with Gasteiger partial charge >= 0.3 is 0 Å². The molecule has 5 rings (SSSR count). The molecule has 3 heterocycles. The number of Topliss-reactive ketones (excluding diaryl/α,β-unsaturated/α-hetero) is 1. The number of anilines is 1. The Balaban J connectivity index is 1.46. The molecular formula is C29H32N4O3. The Bertz CT molecular complexity index is 1420. The molecule has 1 aliphatic heterocycles. The molecule has 0 amide bonds. The molecule has 1 fully saturated rings. The van der Waals surface area contributed by atoms with Gasteiger partial charge in [0.1, 0.15) is 11.3 Å². The summed E-state index contributed by atoms with van der Waals surface area (Å²) < 4.78 is 14.3. The van der Waals surface area contributed by atoms with E-state index in [1.807, 2.05) is 80.2 Å². The lowest BCUT2D eigenvalue weighted by molar-refractivity contribution is -0.00572. The first-order valence-corrected chi connectivity index (χ1v) is 12.4. The van der Waals surface area contributed by atoms with E-state index in [-0.39, 0.29) is 18.0 Å². The van der Waals surface area contributed by atoms with Gasteiger partial charge in [-0.1, -0.05) is 35.9 Å². The Labute approximate surface area is 211 Å². The van der Waals surface area contributed by atoms with Gasteiger partial charge in [-0.25, -0.2) is 4.98 Å². The summed E-state index contributed by atoms with van der Waals surface area (Å²) in [4.78, 5) is 24.7. The Morgan fingerprint density at radius 2 is 1.83 bits per heavy atom. The van der Waals surface area contributed by atoms with Crippen LogP contribution in [0.3, 0.4) is 0 Å². The van der Waals surface area contributed by atoms with Crippen molar-refractivity contribution < 1.29 is 14.3 Å². The minimum Gasteiger partial charge on any atom is -0.437 e. The van der Waals surface area contributed by atoms with E-state index in [4.69, 9.17) is 19.4 Å². The highest BCUT2D eigenvalue weighted by atomic mass is 16.5. The maximum Gasteiger partial charge on any atom is 0.249 e. The number of ether oxygens (including phenoxy) is 2. The number of morpholine rings is 1. The smallest absolute Gasteiger partial charge is 0.249 e. The van der Waals surface area contributed by atoms with Crippen molar-refractivity contribution in [2.45, 2.75) is 46.3 Å². The predicted octanol–water partition coefficient (Wildman–Crippen LogP) is 5.42. The van der Waals surface area contributed by atoms with Crippen molar-refractivity contribution in [1.29, 1.82) is 0 Å². The highest BCUT2D eigenvalue weighted by Gasteiger charge is 2.26. The normalized spacial score (nSPS) is 18.0. The average molecular weight is 485 g/mol. The van der Waals surface area contributed by atoms with Crippen LogP contribution in [0.2, 0.25) is 0 Å². The monoisotopic (exact) mass is 484 g/mol. The van der Waals surface area contributed by atoms with E-state index in [2.05, 4.69) is 18.7 Å². The van der Waals surface area contributed by atoms with Crippen LogP contribution in [0.1, 0.15) is 40.9 Å². The molecule has 186 valence electrons. The standard InChI is InChI=1S/C29H32N4O3/c1-18-7-6-8-23(13-18)25(34)14-22-10-9-19(2)26(15-22)36-28-27-24(11-12-32(27)5)30-29(31-28)33-16-20(3)35-21(4)17-33/h6-13,15,20-21H,14,16-17H2,1-5H3. The van der Waals surface area contributed by atoms with E-state index >= 15 is 0 Å². The lowest BCUT2D eigenvalue weighted by Crippen LogP contribution is -2.46. The second-order valence-corrected chi connectivity index (χ2v) is 9.82. The van der Waals surface area contributed by atoms with Gasteiger partial charge in [0, 0.05) is 38.3 Å². The third kappa shape index (κ3) is 4.97. The summed E-state index contributed by atoms with van der Waals surface area (Å²) >= 11 is 0. The second kappa shape index (κ2) is 9.74. The van der Waals surface area contributed by atoms with Crippen molar-refractivity contribution in [3.63, 3.8) is 0 Å². The minimum atomic E-state index is 0.0817. The first-order chi connectivity index (χ1) is 17.3. The summed E-state index contributed by atoms with van der Waals surface area (Å²) in [6, 6.07) is 15.6. The molecule has 2 unspecified atom stereocenters. The SMILES string of the molecule is Cc1cccc(C(=O)Cc2ccc(C)c(Oc3nc(N4CC(C)OC(C)C4)nc4ccn(C)c34)c2)c1. The van der Waals surface area contributed by atoms with E-state index in [1.54, 1.807) is 0 Å². The summed E-state index contributed by atoms with van der Waals surface area (Å²) in [5.74, 6) is 1.90. The predicted molar refractivity (Wildman–Crippen MR) is 141 cm³/mol. The molecule has 2 atom stereocenters. The Kier molecular flexibility index (Phi) is 6.49. The number of fused-ring (bicyclic) bond motifs is 1. The molecule has 1 saturated heterocycles. The van der Waals surface area contributed by atoms with Gasteiger partial charge in [0.2, 0.25) is 11.8 Å². The van der Waals surface area contributed by atoms with E-state index in [0.717, 1.165) is 46.4 Å². The fourth-order valence-electron chi connectivity index (χ4n) is 4.77. The highest BCUT2D eigenvalue weighted by Crippen LogP contribution is 2.33. The molecule has 2 aromatic carbocycles. The van der Waals surface area contributed by atoms with Crippen LogP contribution in [0.25, 0.3) is 11.0 Å². The van der Waals surface area contributed by atoms with Crippen LogP contribution in [0, 0.1) is 13.8 Å². The van der Waals surface area contributed by atoms with E-state index < -0.39 is 0 Å². The zero-order valence-electron chi connectivity index (χ0n) is 21.5. The molecule has 36 heavy (non-hydrogen) atoms. The van der Waals surface area contributed by atoms with Gasteiger partial charge in [-0.2, -0.15) is 4.98 Å². The van der Waals surface area contributed by atoms with Crippen molar-refractivity contribution in [2.24, 2.45) is 7.05 Å². The molecule has 0 N–H and O–H groups in total. The highest BCUT2D eigenvalue weighted by molar-refractivity contribution is 5.97. The maximum atomic E-state index is 12.9. The molecule has 0 saturated carbocycles. The van der Waals surface area contributed by atoms with E-state index in [0.29, 0.717) is 24.0 Å². The van der Waals surface area contributed by atoms with Crippen LogP contribution in [0.15, 0.2) is 54.7 Å². The van der Waals surface area contributed by atoms with Crippen molar-refractivity contribution in [1.82, 2.24) is 14.5 Å². The molecule has 1 aliphatic rings. The summed E-state index contributed by atoms with van der Waals surface area (Å²) in [5, 5.41) is 0. The molecule has 7 nitrogen and oxygen atoms in total. The lowest BCUT2D eigenvalue weighted by atomic mass is 10.0. The number of hydrogen-bond donors (Lipinski definition) is 0. The quantitative estimate of drug-likeness (QED) is 0.341. The molecule has 0 aliphatic carbocycles. The van der Waals surface area contributed by atoms with Crippen LogP contribution in [-0.4, -0.2) is 45.6 Å². The largest absolute Gasteiger partial charge is 0.437 e. The van der Waals surface area contributed by atoms with Gasteiger partial charge in [-0.15, -0.1) is 0 Å². The number of nitrogens with zero attached hydrogens (tertiary/aromatic N) is 4. The number of aryl methyl sites for hydroxylation is 3. The first-order valence-electron chi connectivity index (χ1n) is 12.4. The molecular weight excluding hydrogens is 452 g/mol. The van der Waals surface area contributed by atoms with Crippen LogP contribution >= 0.6 is 0 Å². The maximum absolute atomic E-state index is 12.9. The third-order valence-electron chi connectivity index (χ3n) is 6.54. The number of carbonyl (C=O) groups excluding carboxylic acids is 1. The van der Waals surface area contributed by atoms with E-state index in [9.17, 15) is 4.79 Å². The Morgan fingerprint density at radius 1 is 1.06 bits per heavy atom. The number of aromatic nitrogens is 3. The van der Waals surface area contributed by atoms with Gasteiger partial charge in [0.15, 0.2) is 5.78 Å². The Morgan fingerprint density at radius 3 is 2.58 bits per heavy atom.